The van der Waals surface area contributed by atoms with Crippen molar-refractivity contribution in [1.29, 1.82) is 0 Å². The predicted octanol–water partition coefficient (Wildman–Crippen LogP) is 6.01. The van der Waals surface area contributed by atoms with E-state index in [4.69, 9.17) is 16.3 Å². The maximum absolute atomic E-state index is 12.7. The minimum Gasteiger partial charge on any atom is -0.451 e. The number of rotatable bonds is 6. The molecule has 0 amide bonds. The van der Waals surface area contributed by atoms with E-state index in [1.54, 1.807) is 28.9 Å². The van der Waals surface area contributed by atoms with E-state index in [1.807, 2.05) is 56.3 Å². The summed E-state index contributed by atoms with van der Waals surface area (Å²) in [5, 5.41) is 4.95. The van der Waals surface area contributed by atoms with Gasteiger partial charge in [-0.3, -0.25) is 4.79 Å². The quantitative estimate of drug-likeness (QED) is 0.228. The summed E-state index contributed by atoms with van der Waals surface area (Å²) < 4.78 is 7.77. The van der Waals surface area contributed by atoms with Gasteiger partial charge in [-0.15, -0.1) is 5.10 Å². The molecule has 3 aromatic carbocycles. The second-order valence-corrected chi connectivity index (χ2v) is 8.83. The predicted molar refractivity (Wildman–Crippen MR) is 130 cm³/mol. The second-order valence-electron chi connectivity index (χ2n) is 7.47. The van der Waals surface area contributed by atoms with Crippen LogP contribution in [0.4, 0.5) is 0 Å². The first kappa shape index (κ1) is 22.9. The lowest BCUT2D eigenvalue weighted by Gasteiger charge is -2.10. The van der Waals surface area contributed by atoms with Crippen molar-refractivity contribution in [3.8, 4) is 17.1 Å². The van der Waals surface area contributed by atoms with E-state index < -0.39 is 12.6 Å². The molecule has 1 aromatic heterocycles. The second kappa shape index (κ2) is 9.68. The van der Waals surface area contributed by atoms with Gasteiger partial charge in [0.05, 0.1) is 5.69 Å². The van der Waals surface area contributed by atoms with Crippen LogP contribution < -0.4 is 0 Å². The Balaban J connectivity index is 1.65. The first-order valence-corrected chi connectivity index (χ1v) is 11.3. The number of ether oxygens (including phenoxy) is 1. The average molecular weight is 525 g/mol. The molecule has 0 atom stereocenters. The van der Waals surface area contributed by atoms with Gasteiger partial charge in [0, 0.05) is 20.6 Å². The SMILES string of the molecule is Cc1ccc(C)c(-n2nc(C(=O)OCC(=O)c3ccc(Cl)cc3)nc2-c2ccc(Br)cc2)c1. The van der Waals surface area contributed by atoms with Gasteiger partial charge in [-0.2, -0.15) is 0 Å². The molecular weight excluding hydrogens is 506 g/mol. The smallest absolute Gasteiger partial charge is 0.378 e. The number of nitrogens with zero attached hydrogens (tertiary/aromatic N) is 3. The molecule has 0 unspecified atom stereocenters. The number of carbonyl (C=O) groups excluding carboxylic acids is 2. The molecule has 0 aliphatic carbocycles. The molecule has 0 fully saturated rings. The summed E-state index contributed by atoms with van der Waals surface area (Å²) in [6.45, 7) is 3.52. The van der Waals surface area contributed by atoms with E-state index >= 15 is 0 Å². The van der Waals surface area contributed by atoms with Gasteiger partial charge >= 0.3 is 5.97 Å². The van der Waals surface area contributed by atoms with Gasteiger partial charge in [-0.25, -0.2) is 14.5 Å². The zero-order valence-corrected chi connectivity index (χ0v) is 20.2. The van der Waals surface area contributed by atoms with Gasteiger partial charge in [0.2, 0.25) is 0 Å². The van der Waals surface area contributed by atoms with Crippen LogP contribution in [-0.2, 0) is 4.74 Å². The Morgan fingerprint density at radius 1 is 1.00 bits per heavy atom. The molecule has 8 heteroatoms. The Hall–Kier alpha value is -3.29. The highest BCUT2D eigenvalue weighted by atomic mass is 79.9. The summed E-state index contributed by atoms with van der Waals surface area (Å²) in [5.41, 5.74) is 4.00. The van der Waals surface area contributed by atoms with Crippen molar-refractivity contribution in [1.82, 2.24) is 14.8 Å². The van der Waals surface area contributed by atoms with Crippen molar-refractivity contribution in [3.63, 3.8) is 0 Å². The van der Waals surface area contributed by atoms with Crippen molar-refractivity contribution >= 4 is 39.3 Å². The molecule has 6 nitrogen and oxygen atoms in total. The van der Waals surface area contributed by atoms with Crippen molar-refractivity contribution < 1.29 is 14.3 Å². The standard InChI is InChI=1S/C25H19BrClN3O3/c1-15-3-4-16(2)21(13-15)30-24(18-5-9-19(26)10-6-18)28-23(29-30)25(32)33-14-22(31)17-7-11-20(27)12-8-17/h3-13H,14H2,1-2H3. The highest BCUT2D eigenvalue weighted by Crippen LogP contribution is 2.25. The highest BCUT2D eigenvalue weighted by Gasteiger charge is 2.22. The fourth-order valence-corrected chi connectivity index (χ4v) is 3.61. The Morgan fingerprint density at radius 3 is 2.39 bits per heavy atom. The van der Waals surface area contributed by atoms with Crippen LogP contribution in [0.15, 0.2) is 71.2 Å². The number of ketones is 1. The molecule has 0 aliphatic rings. The first-order valence-electron chi connectivity index (χ1n) is 10.1. The third kappa shape index (κ3) is 5.21. The minimum absolute atomic E-state index is 0.127. The number of aromatic nitrogens is 3. The topological polar surface area (TPSA) is 74.1 Å². The molecule has 0 spiro atoms. The fraction of sp³-hybridized carbons (Fsp3) is 0.120. The van der Waals surface area contributed by atoms with E-state index in [9.17, 15) is 9.59 Å². The maximum atomic E-state index is 12.7. The van der Waals surface area contributed by atoms with Crippen molar-refractivity contribution in [2.24, 2.45) is 0 Å². The minimum atomic E-state index is -0.778. The number of halogens is 2. The van der Waals surface area contributed by atoms with Crippen molar-refractivity contribution in [2.75, 3.05) is 6.61 Å². The summed E-state index contributed by atoms with van der Waals surface area (Å²) >= 11 is 9.29. The molecule has 1 heterocycles. The third-order valence-electron chi connectivity index (χ3n) is 4.99. The summed E-state index contributed by atoms with van der Waals surface area (Å²) in [4.78, 5) is 29.5. The summed E-state index contributed by atoms with van der Waals surface area (Å²) in [6, 6.07) is 19.9. The molecule has 0 N–H and O–H groups in total. The van der Waals surface area contributed by atoms with Crippen LogP contribution in [-0.4, -0.2) is 33.1 Å². The summed E-state index contributed by atoms with van der Waals surface area (Å²) in [5.74, 6) is -0.758. The van der Waals surface area contributed by atoms with Gasteiger partial charge < -0.3 is 4.74 Å². The lowest BCUT2D eigenvalue weighted by Crippen LogP contribution is -2.15. The van der Waals surface area contributed by atoms with Gasteiger partial charge in [-0.1, -0.05) is 51.8 Å². The van der Waals surface area contributed by atoms with Gasteiger partial charge in [0.15, 0.2) is 18.2 Å². The molecule has 0 bridgehead atoms. The molecule has 0 aliphatic heterocycles. The molecule has 0 radical (unpaired) electrons. The average Bonchev–Trinajstić information content (AvgIpc) is 3.25. The monoisotopic (exact) mass is 523 g/mol. The van der Waals surface area contributed by atoms with Crippen LogP contribution in [0.5, 0.6) is 0 Å². The number of benzene rings is 3. The van der Waals surface area contributed by atoms with E-state index in [2.05, 4.69) is 26.0 Å². The van der Waals surface area contributed by atoms with Crippen molar-refractivity contribution in [2.45, 2.75) is 13.8 Å². The van der Waals surface area contributed by atoms with Crippen LogP contribution >= 0.6 is 27.5 Å². The largest absolute Gasteiger partial charge is 0.451 e. The number of hydrogen-bond donors (Lipinski definition) is 0. The Kier molecular flexibility index (Phi) is 6.72. The molecule has 166 valence electrons. The van der Waals surface area contributed by atoms with E-state index in [-0.39, 0.29) is 11.6 Å². The maximum Gasteiger partial charge on any atom is 0.378 e. The van der Waals surface area contributed by atoms with Crippen LogP contribution in [0, 0.1) is 13.8 Å². The molecule has 0 saturated heterocycles. The van der Waals surface area contributed by atoms with E-state index in [0.717, 1.165) is 26.9 Å². The molecule has 0 saturated carbocycles. The molecule has 4 aromatic rings. The van der Waals surface area contributed by atoms with Crippen LogP contribution in [0.1, 0.15) is 32.1 Å². The van der Waals surface area contributed by atoms with Crippen LogP contribution in [0.3, 0.4) is 0 Å². The van der Waals surface area contributed by atoms with Crippen molar-refractivity contribution in [3.05, 3.63) is 98.7 Å². The number of aryl methyl sites for hydroxylation is 2. The Morgan fingerprint density at radius 2 is 1.70 bits per heavy atom. The number of esters is 1. The number of Topliss-reactive ketones (excluding diaryl/α,β-unsaturated/α-hetero) is 1. The van der Waals surface area contributed by atoms with E-state index in [1.165, 1.54) is 0 Å². The summed E-state index contributed by atoms with van der Waals surface area (Å²) in [7, 11) is 0. The van der Waals surface area contributed by atoms with Crippen LogP contribution in [0.2, 0.25) is 5.02 Å². The normalized spacial score (nSPS) is 10.8. The van der Waals surface area contributed by atoms with Gasteiger partial charge in [0.25, 0.3) is 5.82 Å². The summed E-state index contributed by atoms with van der Waals surface area (Å²) in [6.07, 6.45) is 0. The Labute approximate surface area is 204 Å². The number of hydrogen-bond acceptors (Lipinski definition) is 5. The van der Waals surface area contributed by atoms with E-state index in [0.29, 0.717) is 16.4 Å². The molecule has 4 rings (SSSR count). The van der Waals surface area contributed by atoms with Gasteiger partial charge in [-0.05, 0) is 67.4 Å². The third-order valence-corrected chi connectivity index (χ3v) is 5.77. The zero-order valence-electron chi connectivity index (χ0n) is 17.9. The van der Waals surface area contributed by atoms with Gasteiger partial charge in [0.1, 0.15) is 0 Å². The fourth-order valence-electron chi connectivity index (χ4n) is 3.21. The Bertz CT molecular complexity index is 1330. The lowest BCUT2D eigenvalue weighted by molar-refractivity contribution is 0.0462. The molecule has 33 heavy (non-hydrogen) atoms. The first-order chi connectivity index (χ1) is 15.8. The molecular formula is C25H19BrClN3O3. The highest BCUT2D eigenvalue weighted by molar-refractivity contribution is 9.10. The zero-order chi connectivity index (χ0) is 23.5. The van der Waals surface area contributed by atoms with Crippen LogP contribution in [0.25, 0.3) is 17.1 Å². The number of carbonyl (C=O) groups is 2. The lowest BCUT2D eigenvalue weighted by atomic mass is 10.1.